The molecule has 1 aliphatic heterocycles. The van der Waals surface area contributed by atoms with Crippen LogP contribution < -0.4 is 0 Å². The van der Waals surface area contributed by atoms with Crippen molar-refractivity contribution in [2.75, 3.05) is 6.54 Å². The van der Waals surface area contributed by atoms with Gasteiger partial charge in [-0.1, -0.05) is 12.1 Å². The molecule has 0 radical (unpaired) electrons. The highest BCUT2D eigenvalue weighted by Gasteiger charge is 2.36. The van der Waals surface area contributed by atoms with Gasteiger partial charge < -0.3 is 10.0 Å². The molecule has 7 nitrogen and oxygen atoms in total. The number of benzene rings is 1. The summed E-state index contributed by atoms with van der Waals surface area (Å²) in [6.45, 7) is 0.307. The van der Waals surface area contributed by atoms with Gasteiger partial charge in [0.15, 0.2) is 0 Å². The molecule has 0 saturated carbocycles. The molecule has 0 aliphatic carbocycles. The lowest BCUT2D eigenvalue weighted by Crippen LogP contribution is -2.40. The van der Waals surface area contributed by atoms with E-state index >= 15 is 0 Å². The number of carboxylic acids is 1. The summed E-state index contributed by atoms with van der Waals surface area (Å²) in [6, 6.07) is 4.67. The Labute approximate surface area is 108 Å². The first-order chi connectivity index (χ1) is 9.02. The van der Waals surface area contributed by atoms with Crippen LogP contribution in [0.25, 0.3) is 0 Å². The van der Waals surface area contributed by atoms with Crippen LogP contribution in [0.2, 0.25) is 0 Å². The first-order valence-electron chi connectivity index (χ1n) is 5.79. The van der Waals surface area contributed by atoms with Crippen LogP contribution in [0.15, 0.2) is 24.3 Å². The van der Waals surface area contributed by atoms with Crippen molar-refractivity contribution in [2.24, 2.45) is 0 Å². The lowest BCUT2D eigenvalue weighted by molar-refractivity contribution is -0.385. The van der Waals surface area contributed by atoms with Crippen LogP contribution in [-0.4, -0.2) is 39.4 Å². The number of nitro benzene ring substituents is 1. The number of amides is 1. The zero-order valence-corrected chi connectivity index (χ0v) is 9.98. The SMILES string of the molecule is O=C(O)C1CCCN1C(=O)c1ccccc1[N+](=O)[O-]. The number of likely N-dealkylation sites (tertiary alicyclic amines) is 1. The maximum absolute atomic E-state index is 12.2. The monoisotopic (exact) mass is 264 g/mol. The summed E-state index contributed by atoms with van der Waals surface area (Å²) >= 11 is 0. The predicted octanol–water partition coefficient (Wildman–Crippen LogP) is 1.28. The van der Waals surface area contributed by atoms with E-state index in [1.807, 2.05) is 0 Å². The van der Waals surface area contributed by atoms with Crippen molar-refractivity contribution in [1.82, 2.24) is 4.90 Å². The van der Waals surface area contributed by atoms with Gasteiger partial charge >= 0.3 is 5.97 Å². The molecule has 1 unspecified atom stereocenters. The summed E-state index contributed by atoms with van der Waals surface area (Å²) in [5, 5.41) is 19.9. The van der Waals surface area contributed by atoms with Gasteiger partial charge in [-0.25, -0.2) is 4.79 Å². The summed E-state index contributed by atoms with van der Waals surface area (Å²) in [7, 11) is 0. The van der Waals surface area contributed by atoms with Gasteiger partial charge in [0.25, 0.3) is 11.6 Å². The molecule has 0 spiro atoms. The number of aliphatic carboxylic acids is 1. The van der Waals surface area contributed by atoms with E-state index in [-0.39, 0.29) is 11.3 Å². The minimum Gasteiger partial charge on any atom is -0.480 e. The summed E-state index contributed by atoms with van der Waals surface area (Å²) in [4.78, 5) is 34.7. The summed E-state index contributed by atoms with van der Waals surface area (Å²) in [5.41, 5.74) is -0.371. The number of nitrogens with zero attached hydrogens (tertiary/aromatic N) is 2. The second-order valence-corrected chi connectivity index (χ2v) is 4.27. The number of nitro groups is 1. The third-order valence-corrected chi connectivity index (χ3v) is 3.13. The topological polar surface area (TPSA) is 101 Å². The van der Waals surface area contributed by atoms with Crippen molar-refractivity contribution in [3.63, 3.8) is 0 Å². The Balaban J connectivity index is 2.34. The molecular formula is C12H12N2O5. The largest absolute Gasteiger partial charge is 0.480 e. The highest BCUT2D eigenvalue weighted by molar-refractivity contribution is 6.00. The van der Waals surface area contributed by atoms with E-state index in [1.54, 1.807) is 0 Å². The fraction of sp³-hybridized carbons (Fsp3) is 0.333. The Hall–Kier alpha value is -2.44. The van der Waals surface area contributed by atoms with Crippen molar-refractivity contribution >= 4 is 17.6 Å². The lowest BCUT2D eigenvalue weighted by atomic mass is 10.1. The molecule has 1 amide bonds. The minimum atomic E-state index is -1.08. The molecule has 1 N–H and O–H groups in total. The van der Waals surface area contributed by atoms with Crippen LogP contribution in [0.4, 0.5) is 5.69 Å². The molecule has 1 fully saturated rings. The standard InChI is InChI=1S/C12H12N2O5/c15-11(13-7-3-6-10(13)12(16)17)8-4-1-2-5-9(8)14(18)19/h1-2,4-5,10H,3,6-7H2,(H,16,17). The van der Waals surface area contributed by atoms with E-state index in [2.05, 4.69) is 0 Å². The van der Waals surface area contributed by atoms with Crippen LogP contribution in [0.5, 0.6) is 0 Å². The van der Waals surface area contributed by atoms with Gasteiger partial charge in [-0.05, 0) is 18.9 Å². The Morgan fingerprint density at radius 2 is 2.05 bits per heavy atom. The van der Waals surface area contributed by atoms with E-state index in [9.17, 15) is 19.7 Å². The van der Waals surface area contributed by atoms with Gasteiger partial charge in [0.1, 0.15) is 11.6 Å². The number of hydrogen-bond donors (Lipinski definition) is 1. The molecule has 1 heterocycles. The molecule has 0 aromatic heterocycles. The second-order valence-electron chi connectivity index (χ2n) is 4.27. The number of para-hydroxylation sites is 1. The molecule has 1 saturated heterocycles. The first kappa shape index (κ1) is 13.0. The Bertz CT molecular complexity index is 543. The van der Waals surface area contributed by atoms with Crippen LogP contribution in [0, 0.1) is 10.1 Å². The second kappa shape index (κ2) is 5.05. The molecular weight excluding hydrogens is 252 g/mol. The average Bonchev–Trinajstić information content (AvgIpc) is 2.87. The zero-order chi connectivity index (χ0) is 14.0. The highest BCUT2D eigenvalue weighted by Crippen LogP contribution is 2.25. The van der Waals surface area contributed by atoms with Crippen LogP contribution >= 0.6 is 0 Å². The van der Waals surface area contributed by atoms with E-state index < -0.39 is 22.8 Å². The van der Waals surface area contributed by atoms with Crippen molar-refractivity contribution in [2.45, 2.75) is 18.9 Å². The van der Waals surface area contributed by atoms with Gasteiger partial charge in [-0.15, -0.1) is 0 Å². The van der Waals surface area contributed by atoms with Crippen molar-refractivity contribution in [3.05, 3.63) is 39.9 Å². The number of carbonyl (C=O) groups excluding carboxylic acids is 1. The fourth-order valence-corrected chi connectivity index (χ4v) is 2.23. The quantitative estimate of drug-likeness (QED) is 0.654. The third-order valence-electron chi connectivity index (χ3n) is 3.13. The number of rotatable bonds is 3. The van der Waals surface area contributed by atoms with Gasteiger partial charge in [0.2, 0.25) is 0 Å². The molecule has 100 valence electrons. The first-order valence-corrected chi connectivity index (χ1v) is 5.79. The maximum Gasteiger partial charge on any atom is 0.326 e. The zero-order valence-electron chi connectivity index (χ0n) is 9.98. The van der Waals surface area contributed by atoms with E-state index in [0.29, 0.717) is 19.4 Å². The lowest BCUT2D eigenvalue weighted by Gasteiger charge is -2.21. The molecule has 1 aromatic rings. The number of carbonyl (C=O) groups is 2. The smallest absolute Gasteiger partial charge is 0.326 e. The predicted molar refractivity (Wildman–Crippen MR) is 64.8 cm³/mol. The molecule has 0 bridgehead atoms. The highest BCUT2D eigenvalue weighted by atomic mass is 16.6. The fourth-order valence-electron chi connectivity index (χ4n) is 2.23. The van der Waals surface area contributed by atoms with Gasteiger partial charge in [0, 0.05) is 12.6 Å². The van der Waals surface area contributed by atoms with E-state index in [4.69, 9.17) is 5.11 Å². The third kappa shape index (κ3) is 2.40. The number of carboxylic acid groups (broad SMARTS) is 1. The van der Waals surface area contributed by atoms with Crippen LogP contribution in [0.3, 0.4) is 0 Å². The van der Waals surface area contributed by atoms with Crippen molar-refractivity contribution in [1.29, 1.82) is 0 Å². The molecule has 7 heteroatoms. The van der Waals surface area contributed by atoms with E-state index in [0.717, 1.165) is 0 Å². The van der Waals surface area contributed by atoms with Gasteiger partial charge in [0.05, 0.1) is 4.92 Å². The normalized spacial score (nSPS) is 18.3. The Kier molecular flexibility index (Phi) is 3.46. The van der Waals surface area contributed by atoms with E-state index in [1.165, 1.54) is 29.2 Å². The van der Waals surface area contributed by atoms with Crippen molar-refractivity contribution in [3.8, 4) is 0 Å². The number of hydrogen-bond acceptors (Lipinski definition) is 4. The average molecular weight is 264 g/mol. The Morgan fingerprint density at radius 1 is 1.37 bits per heavy atom. The van der Waals surface area contributed by atoms with Crippen LogP contribution in [0.1, 0.15) is 23.2 Å². The summed E-state index contributed by atoms with van der Waals surface area (Å²) in [5.74, 6) is -1.68. The molecule has 1 aromatic carbocycles. The molecule has 1 atom stereocenters. The van der Waals surface area contributed by atoms with Gasteiger partial charge in [-0.2, -0.15) is 0 Å². The summed E-state index contributed by atoms with van der Waals surface area (Å²) in [6.07, 6.45) is 0.963. The molecule has 1 aliphatic rings. The van der Waals surface area contributed by atoms with Gasteiger partial charge in [-0.3, -0.25) is 14.9 Å². The molecule has 19 heavy (non-hydrogen) atoms. The summed E-state index contributed by atoms with van der Waals surface area (Å²) < 4.78 is 0. The van der Waals surface area contributed by atoms with Crippen LogP contribution in [-0.2, 0) is 4.79 Å². The molecule has 2 rings (SSSR count). The maximum atomic E-state index is 12.2. The van der Waals surface area contributed by atoms with Crippen molar-refractivity contribution < 1.29 is 19.6 Å². The Morgan fingerprint density at radius 3 is 2.68 bits per heavy atom. The minimum absolute atomic E-state index is 0.0688.